The molecule has 4 rings (SSSR count). The van der Waals surface area contributed by atoms with Crippen molar-refractivity contribution in [2.75, 3.05) is 18.4 Å². The van der Waals surface area contributed by atoms with Gasteiger partial charge in [-0.25, -0.2) is 13.2 Å². The summed E-state index contributed by atoms with van der Waals surface area (Å²) in [6.07, 6.45) is 0.507. The molecule has 1 aliphatic rings. The summed E-state index contributed by atoms with van der Waals surface area (Å²) in [5.74, 6) is -1.21. The number of rotatable bonds is 7. The van der Waals surface area contributed by atoms with Gasteiger partial charge in [0.15, 0.2) is 0 Å². The smallest absolute Gasteiger partial charge is 0.339 e. The number of carbonyl (C=O) groups excluding carboxylic acids is 2. The molecule has 8 heteroatoms. The van der Waals surface area contributed by atoms with Gasteiger partial charge in [0.05, 0.1) is 10.5 Å². The van der Waals surface area contributed by atoms with Gasteiger partial charge in [-0.3, -0.25) is 4.79 Å². The zero-order valence-electron chi connectivity index (χ0n) is 18.8. The van der Waals surface area contributed by atoms with Gasteiger partial charge in [0.2, 0.25) is 16.1 Å². The molecule has 0 unspecified atom stereocenters. The average molecular weight is 479 g/mol. The molecule has 1 amide bonds. The lowest BCUT2D eigenvalue weighted by molar-refractivity contribution is -0.125. The van der Waals surface area contributed by atoms with Gasteiger partial charge >= 0.3 is 5.97 Å². The number of benzene rings is 3. The number of sulfonamides is 1. The minimum absolute atomic E-state index is 0.127. The van der Waals surface area contributed by atoms with E-state index in [1.54, 1.807) is 42.5 Å². The van der Waals surface area contributed by atoms with Crippen molar-refractivity contribution in [2.45, 2.75) is 30.8 Å². The molecule has 3 aromatic rings. The van der Waals surface area contributed by atoms with Crippen molar-refractivity contribution in [3.05, 3.63) is 95.6 Å². The maximum Gasteiger partial charge on any atom is 0.339 e. The Morgan fingerprint density at radius 1 is 0.882 bits per heavy atom. The van der Waals surface area contributed by atoms with Crippen LogP contribution >= 0.6 is 0 Å². The second-order valence-electron chi connectivity index (χ2n) is 8.19. The summed E-state index contributed by atoms with van der Waals surface area (Å²) in [4.78, 5) is 26.0. The minimum atomic E-state index is -3.58. The first kappa shape index (κ1) is 23.7. The molecule has 176 valence electrons. The molecule has 1 N–H and O–H groups in total. The fourth-order valence-electron chi connectivity index (χ4n) is 3.76. The number of hydrogen-bond acceptors (Lipinski definition) is 5. The second-order valence-corrected chi connectivity index (χ2v) is 10.1. The topological polar surface area (TPSA) is 92.8 Å². The van der Waals surface area contributed by atoms with Crippen LogP contribution in [-0.2, 0) is 19.6 Å². The highest BCUT2D eigenvalue weighted by molar-refractivity contribution is 7.89. The van der Waals surface area contributed by atoms with Crippen molar-refractivity contribution in [3.63, 3.8) is 0 Å². The Morgan fingerprint density at radius 3 is 2.12 bits per heavy atom. The number of nitrogens with one attached hydrogen (secondary N) is 1. The second kappa shape index (κ2) is 10.2. The first-order valence-corrected chi connectivity index (χ1v) is 12.5. The minimum Gasteiger partial charge on any atom is -0.444 e. The molecule has 0 aliphatic carbocycles. The summed E-state index contributed by atoms with van der Waals surface area (Å²) in [5.41, 5.74) is 2.32. The Balaban J connectivity index is 1.52. The van der Waals surface area contributed by atoms with E-state index in [0.717, 1.165) is 18.4 Å². The third-order valence-electron chi connectivity index (χ3n) is 5.68. The fourth-order valence-corrected chi connectivity index (χ4v) is 5.28. The molecule has 0 spiro atoms. The van der Waals surface area contributed by atoms with Crippen molar-refractivity contribution >= 4 is 27.6 Å². The van der Waals surface area contributed by atoms with E-state index in [2.05, 4.69) is 5.32 Å². The van der Waals surface area contributed by atoms with Crippen LogP contribution in [-0.4, -0.2) is 37.7 Å². The van der Waals surface area contributed by atoms with Gasteiger partial charge in [-0.15, -0.1) is 0 Å². The van der Waals surface area contributed by atoms with Gasteiger partial charge in [0.1, 0.15) is 0 Å². The van der Waals surface area contributed by atoms with E-state index in [4.69, 9.17) is 4.74 Å². The molecule has 3 aromatic carbocycles. The zero-order valence-corrected chi connectivity index (χ0v) is 19.6. The molecule has 0 radical (unpaired) electrons. The Labute approximate surface area is 199 Å². The number of nitrogens with zero attached hydrogens (tertiary/aromatic N) is 1. The predicted molar refractivity (Wildman–Crippen MR) is 129 cm³/mol. The van der Waals surface area contributed by atoms with Crippen LogP contribution in [0.5, 0.6) is 0 Å². The van der Waals surface area contributed by atoms with Gasteiger partial charge in [-0.05, 0) is 56.2 Å². The molecule has 0 bridgehead atoms. The lowest BCUT2D eigenvalue weighted by Crippen LogP contribution is -2.28. The summed E-state index contributed by atoms with van der Waals surface area (Å²) in [6, 6.07) is 21.6. The summed E-state index contributed by atoms with van der Waals surface area (Å²) in [6.45, 7) is 2.95. The van der Waals surface area contributed by atoms with Crippen molar-refractivity contribution in [1.29, 1.82) is 0 Å². The highest BCUT2D eigenvalue weighted by Crippen LogP contribution is 2.24. The van der Waals surface area contributed by atoms with Crippen LogP contribution in [0.25, 0.3) is 0 Å². The molecular weight excluding hydrogens is 452 g/mol. The summed E-state index contributed by atoms with van der Waals surface area (Å²) < 4.78 is 32.5. The van der Waals surface area contributed by atoms with Crippen LogP contribution in [0.4, 0.5) is 5.69 Å². The van der Waals surface area contributed by atoms with Crippen molar-refractivity contribution in [3.8, 4) is 0 Å². The van der Waals surface area contributed by atoms with Crippen LogP contribution in [0.2, 0.25) is 0 Å². The Kier molecular flexibility index (Phi) is 7.09. The number of hydrogen-bond donors (Lipinski definition) is 1. The quantitative estimate of drug-likeness (QED) is 0.511. The molecule has 1 heterocycles. The summed E-state index contributed by atoms with van der Waals surface area (Å²) in [7, 11) is -3.58. The van der Waals surface area contributed by atoms with Gasteiger partial charge in [0.25, 0.3) is 5.91 Å². The molecule has 34 heavy (non-hydrogen) atoms. The molecule has 0 aromatic heterocycles. The van der Waals surface area contributed by atoms with Gasteiger partial charge in [0, 0.05) is 24.3 Å². The average Bonchev–Trinajstić information content (AvgIpc) is 3.40. The molecular formula is C26H26N2O5S. The molecule has 1 fully saturated rings. The Morgan fingerprint density at radius 2 is 1.50 bits per heavy atom. The summed E-state index contributed by atoms with van der Waals surface area (Å²) in [5, 5.41) is 2.78. The van der Waals surface area contributed by atoms with Crippen LogP contribution in [0, 0.1) is 6.92 Å². The normalized spacial score (nSPS) is 15.0. The monoisotopic (exact) mass is 478 g/mol. The number of aryl methyl sites for hydroxylation is 1. The first-order valence-electron chi connectivity index (χ1n) is 11.1. The summed E-state index contributed by atoms with van der Waals surface area (Å²) >= 11 is 0. The Hall–Kier alpha value is -3.49. The molecule has 7 nitrogen and oxygen atoms in total. The van der Waals surface area contributed by atoms with Crippen LogP contribution in [0.3, 0.4) is 0 Å². The van der Waals surface area contributed by atoms with E-state index < -0.39 is 28.0 Å². The predicted octanol–water partition coefficient (Wildman–Crippen LogP) is 4.32. The lowest BCUT2D eigenvalue weighted by atomic mass is 10.1. The SMILES string of the molecule is Cc1ccc(NC(=O)[C@@H](OC(=O)c2ccc(S(=O)(=O)N3CCCC3)cc2)c2ccccc2)cc1. The fraction of sp³-hybridized carbons (Fsp3) is 0.231. The first-order chi connectivity index (χ1) is 16.3. The highest BCUT2D eigenvalue weighted by atomic mass is 32.2. The van der Waals surface area contributed by atoms with Crippen LogP contribution in [0.15, 0.2) is 83.8 Å². The van der Waals surface area contributed by atoms with E-state index >= 15 is 0 Å². The van der Waals surface area contributed by atoms with E-state index in [1.165, 1.54) is 28.6 Å². The number of carbonyl (C=O) groups is 2. The van der Waals surface area contributed by atoms with E-state index in [0.29, 0.717) is 24.3 Å². The molecule has 1 aliphatic heterocycles. The van der Waals surface area contributed by atoms with Crippen LogP contribution in [0.1, 0.15) is 40.4 Å². The third kappa shape index (κ3) is 5.35. The van der Waals surface area contributed by atoms with E-state index in [-0.39, 0.29) is 10.5 Å². The molecule has 1 saturated heterocycles. The lowest BCUT2D eigenvalue weighted by Gasteiger charge is -2.19. The number of amides is 1. The molecule has 1 atom stereocenters. The van der Waals surface area contributed by atoms with Crippen molar-refractivity contribution in [2.24, 2.45) is 0 Å². The van der Waals surface area contributed by atoms with Crippen LogP contribution < -0.4 is 5.32 Å². The van der Waals surface area contributed by atoms with Gasteiger partial charge < -0.3 is 10.1 Å². The number of esters is 1. The van der Waals surface area contributed by atoms with Gasteiger partial charge in [-0.2, -0.15) is 4.31 Å². The number of anilines is 1. The third-order valence-corrected chi connectivity index (χ3v) is 7.59. The van der Waals surface area contributed by atoms with Crippen molar-refractivity contribution in [1.82, 2.24) is 4.31 Å². The highest BCUT2D eigenvalue weighted by Gasteiger charge is 2.28. The Bertz CT molecular complexity index is 1250. The molecule has 0 saturated carbocycles. The maximum atomic E-state index is 13.0. The number of ether oxygens (including phenoxy) is 1. The zero-order chi connectivity index (χ0) is 24.1. The van der Waals surface area contributed by atoms with E-state index in [1.807, 2.05) is 19.1 Å². The van der Waals surface area contributed by atoms with Gasteiger partial charge in [-0.1, -0.05) is 48.0 Å². The van der Waals surface area contributed by atoms with Crippen molar-refractivity contribution < 1.29 is 22.7 Å². The standard InChI is InChI=1S/C26H26N2O5S/c1-19-9-13-22(14-10-19)27-25(29)24(20-7-3-2-4-8-20)33-26(30)21-11-15-23(16-12-21)34(31,32)28-17-5-6-18-28/h2-4,7-16,24H,5-6,17-18H2,1H3,(H,27,29)/t24-/m0/s1. The largest absolute Gasteiger partial charge is 0.444 e. The van der Waals surface area contributed by atoms with E-state index in [9.17, 15) is 18.0 Å². The maximum absolute atomic E-state index is 13.0.